The first-order valence-corrected chi connectivity index (χ1v) is 10.8. The Bertz CT molecular complexity index is 1150. The van der Waals surface area contributed by atoms with E-state index in [1.165, 1.54) is 0 Å². The summed E-state index contributed by atoms with van der Waals surface area (Å²) in [6.45, 7) is 4.26. The molecular weight excluding hydrogens is 418 g/mol. The van der Waals surface area contributed by atoms with Gasteiger partial charge in [-0.05, 0) is 29.7 Å². The predicted molar refractivity (Wildman–Crippen MR) is 126 cm³/mol. The molecular formula is C26H29N3O4. The van der Waals surface area contributed by atoms with Gasteiger partial charge in [0.1, 0.15) is 12.4 Å². The summed E-state index contributed by atoms with van der Waals surface area (Å²) in [7, 11) is 3.19. The van der Waals surface area contributed by atoms with Gasteiger partial charge in [0, 0.05) is 27.1 Å². The molecule has 1 N–H and O–H groups in total. The second-order valence-corrected chi connectivity index (χ2v) is 7.57. The number of benzene rings is 2. The van der Waals surface area contributed by atoms with E-state index in [1.807, 2.05) is 36.4 Å². The Kier molecular flexibility index (Phi) is 7.99. The highest BCUT2D eigenvalue weighted by atomic mass is 16.7. The molecule has 0 spiro atoms. The van der Waals surface area contributed by atoms with Crippen LogP contribution < -0.4 is 0 Å². The second-order valence-electron chi connectivity index (χ2n) is 7.57. The number of ether oxygens (including phenoxy) is 2. The van der Waals surface area contributed by atoms with Gasteiger partial charge in [0.2, 0.25) is 11.6 Å². The minimum Gasteiger partial charge on any atom is -0.478 e. The molecule has 0 radical (unpaired) electrons. The molecule has 7 heteroatoms. The highest BCUT2D eigenvalue weighted by Gasteiger charge is 2.36. The number of rotatable bonds is 10. The maximum atomic E-state index is 11.6. The van der Waals surface area contributed by atoms with Crippen LogP contribution in [-0.2, 0) is 28.2 Å². The van der Waals surface area contributed by atoms with Crippen molar-refractivity contribution in [3.05, 3.63) is 71.3 Å². The van der Waals surface area contributed by atoms with Crippen LogP contribution in [0.1, 0.15) is 54.3 Å². The Balaban J connectivity index is 1.93. The SMILES string of the molecule is CC#CCn1nc(C(CCC)(OC)OC)nc1Cc1ccc(-c2ccccc2C(=O)O)cc1. The first kappa shape index (κ1) is 24.2. The van der Waals surface area contributed by atoms with Crippen LogP contribution in [0.25, 0.3) is 11.1 Å². The second kappa shape index (κ2) is 10.9. The molecule has 2 aromatic carbocycles. The van der Waals surface area contributed by atoms with Crippen molar-refractivity contribution in [3.8, 4) is 23.0 Å². The van der Waals surface area contributed by atoms with Gasteiger partial charge >= 0.3 is 5.97 Å². The Morgan fingerprint density at radius 3 is 2.42 bits per heavy atom. The lowest BCUT2D eigenvalue weighted by Crippen LogP contribution is -2.32. The van der Waals surface area contributed by atoms with E-state index in [0.717, 1.165) is 23.4 Å². The van der Waals surface area contributed by atoms with Gasteiger partial charge in [-0.1, -0.05) is 61.7 Å². The molecule has 0 saturated carbocycles. The van der Waals surface area contributed by atoms with Crippen LogP contribution in [-0.4, -0.2) is 40.1 Å². The molecule has 33 heavy (non-hydrogen) atoms. The van der Waals surface area contributed by atoms with Gasteiger partial charge in [0.15, 0.2) is 0 Å². The summed E-state index contributed by atoms with van der Waals surface area (Å²) in [6, 6.07) is 14.8. The molecule has 0 saturated heterocycles. The Morgan fingerprint density at radius 2 is 1.82 bits per heavy atom. The first-order valence-electron chi connectivity index (χ1n) is 10.8. The highest BCUT2D eigenvalue weighted by Crippen LogP contribution is 2.30. The van der Waals surface area contributed by atoms with Gasteiger partial charge in [-0.25, -0.2) is 14.5 Å². The van der Waals surface area contributed by atoms with Gasteiger partial charge in [0.05, 0.1) is 5.56 Å². The molecule has 0 aliphatic heterocycles. The number of carboxylic acid groups (broad SMARTS) is 1. The molecule has 0 aliphatic rings. The average Bonchev–Trinajstić information content (AvgIpc) is 3.24. The number of aromatic carboxylic acids is 1. The Hall–Kier alpha value is -3.47. The van der Waals surface area contributed by atoms with E-state index in [1.54, 1.807) is 38.0 Å². The van der Waals surface area contributed by atoms with Crippen molar-refractivity contribution in [2.75, 3.05) is 14.2 Å². The van der Waals surface area contributed by atoms with Crippen LogP contribution in [0.2, 0.25) is 0 Å². The van der Waals surface area contributed by atoms with E-state index < -0.39 is 11.8 Å². The number of nitrogens with zero attached hydrogens (tertiary/aromatic N) is 3. The van der Waals surface area contributed by atoms with Crippen LogP contribution in [0, 0.1) is 11.8 Å². The summed E-state index contributed by atoms with van der Waals surface area (Å²) >= 11 is 0. The minimum atomic E-state index is -1.00. The fourth-order valence-electron chi connectivity index (χ4n) is 3.76. The van der Waals surface area contributed by atoms with E-state index >= 15 is 0 Å². The summed E-state index contributed by atoms with van der Waals surface area (Å²) in [4.78, 5) is 16.3. The zero-order chi connectivity index (χ0) is 23.8. The van der Waals surface area contributed by atoms with E-state index in [4.69, 9.17) is 14.5 Å². The normalized spacial score (nSPS) is 11.2. The van der Waals surface area contributed by atoms with E-state index in [-0.39, 0.29) is 5.56 Å². The monoisotopic (exact) mass is 447 g/mol. The molecule has 0 amide bonds. The van der Waals surface area contributed by atoms with Gasteiger partial charge in [-0.3, -0.25) is 0 Å². The molecule has 7 nitrogen and oxygen atoms in total. The van der Waals surface area contributed by atoms with Crippen molar-refractivity contribution in [2.24, 2.45) is 0 Å². The lowest BCUT2D eigenvalue weighted by molar-refractivity contribution is -0.225. The molecule has 0 fully saturated rings. The van der Waals surface area contributed by atoms with Crippen molar-refractivity contribution < 1.29 is 19.4 Å². The van der Waals surface area contributed by atoms with Crippen LogP contribution in [0.3, 0.4) is 0 Å². The Labute approximate surface area is 194 Å². The van der Waals surface area contributed by atoms with E-state index in [9.17, 15) is 9.90 Å². The number of hydrogen-bond donors (Lipinski definition) is 1. The first-order chi connectivity index (χ1) is 16.0. The maximum Gasteiger partial charge on any atom is 0.336 e. The standard InChI is InChI=1S/C26H29N3O4/c1-5-7-17-29-23(27-25(28-29)26(32-3,33-4)16-6-2)18-19-12-14-20(15-13-19)21-10-8-9-11-22(21)24(30)31/h8-15H,6,16-18H2,1-4H3,(H,30,31). The average molecular weight is 448 g/mol. The predicted octanol–water partition coefficient (Wildman–Crippen LogP) is 4.50. The fourth-order valence-corrected chi connectivity index (χ4v) is 3.76. The maximum absolute atomic E-state index is 11.6. The topological polar surface area (TPSA) is 86.5 Å². The molecule has 0 unspecified atom stereocenters. The Morgan fingerprint density at radius 1 is 1.12 bits per heavy atom. The minimum absolute atomic E-state index is 0.277. The van der Waals surface area contributed by atoms with Crippen LogP contribution in [0.15, 0.2) is 48.5 Å². The smallest absolute Gasteiger partial charge is 0.336 e. The van der Waals surface area contributed by atoms with E-state index in [0.29, 0.717) is 30.8 Å². The quantitative estimate of drug-likeness (QED) is 0.364. The summed E-state index contributed by atoms with van der Waals surface area (Å²) in [5.41, 5.74) is 2.83. The number of aromatic nitrogens is 3. The highest BCUT2D eigenvalue weighted by molar-refractivity contribution is 5.95. The summed E-state index contributed by atoms with van der Waals surface area (Å²) < 4.78 is 13.2. The van der Waals surface area contributed by atoms with Crippen molar-refractivity contribution in [3.63, 3.8) is 0 Å². The van der Waals surface area contributed by atoms with Gasteiger partial charge in [-0.2, -0.15) is 0 Å². The summed E-state index contributed by atoms with van der Waals surface area (Å²) in [6.07, 6.45) is 2.01. The third kappa shape index (κ3) is 5.30. The number of methoxy groups -OCH3 is 2. The lowest BCUT2D eigenvalue weighted by Gasteiger charge is -2.27. The molecule has 0 atom stereocenters. The molecule has 3 aromatic rings. The fraction of sp³-hybridized carbons (Fsp3) is 0.346. The molecule has 1 aromatic heterocycles. The van der Waals surface area contributed by atoms with Crippen molar-refractivity contribution >= 4 is 5.97 Å². The van der Waals surface area contributed by atoms with Gasteiger partial charge in [-0.15, -0.1) is 11.0 Å². The summed E-state index contributed by atoms with van der Waals surface area (Å²) in [5, 5.41) is 14.1. The molecule has 0 bridgehead atoms. The lowest BCUT2D eigenvalue weighted by atomic mass is 9.98. The van der Waals surface area contributed by atoms with Gasteiger partial charge in [0.25, 0.3) is 0 Å². The zero-order valence-electron chi connectivity index (χ0n) is 19.5. The van der Waals surface area contributed by atoms with Crippen molar-refractivity contribution in [2.45, 2.75) is 45.4 Å². The largest absolute Gasteiger partial charge is 0.478 e. The van der Waals surface area contributed by atoms with Crippen LogP contribution in [0.5, 0.6) is 0 Å². The molecule has 3 rings (SSSR count). The number of carbonyl (C=O) groups is 1. The number of hydrogen-bond acceptors (Lipinski definition) is 5. The third-order valence-corrected chi connectivity index (χ3v) is 5.52. The molecule has 172 valence electrons. The molecule has 0 aliphatic carbocycles. The van der Waals surface area contributed by atoms with Crippen LogP contribution >= 0.6 is 0 Å². The zero-order valence-corrected chi connectivity index (χ0v) is 19.5. The third-order valence-electron chi connectivity index (χ3n) is 5.52. The van der Waals surface area contributed by atoms with Crippen molar-refractivity contribution in [1.82, 2.24) is 14.8 Å². The molecule has 1 heterocycles. The summed E-state index contributed by atoms with van der Waals surface area (Å²) in [5.74, 6) is 5.23. The van der Waals surface area contributed by atoms with Crippen molar-refractivity contribution in [1.29, 1.82) is 0 Å². The number of carboxylic acids is 1. The van der Waals surface area contributed by atoms with Gasteiger partial charge < -0.3 is 14.6 Å². The van der Waals surface area contributed by atoms with Crippen LogP contribution in [0.4, 0.5) is 0 Å². The van der Waals surface area contributed by atoms with E-state index in [2.05, 4.69) is 23.9 Å².